The summed E-state index contributed by atoms with van der Waals surface area (Å²) < 4.78 is 2.47. The highest BCUT2D eigenvalue weighted by Gasteiger charge is 2.41. The van der Waals surface area contributed by atoms with Crippen molar-refractivity contribution in [1.29, 1.82) is 0 Å². The maximum absolute atomic E-state index is 12.7. The van der Waals surface area contributed by atoms with Crippen molar-refractivity contribution in [3.63, 3.8) is 0 Å². The molecule has 1 N–H and O–H groups in total. The molecule has 7 nitrogen and oxygen atoms in total. The second-order valence-electron chi connectivity index (χ2n) is 10.5. The zero-order valence-electron chi connectivity index (χ0n) is 21.6. The molecule has 2 bridgehead atoms. The first-order chi connectivity index (χ1) is 17.4. The normalized spacial score (nSPS) is 22.5. The number of aryl methyl sites for hydroxylation is 1. The van der Waals surface area contributed by atoms with Crippen molar-refractivity contribution in [3.8, 4) is 0 Å². The molecular formula is C29H37N5O2. The minimum Gasteiger partial charge on any atom is -0.348 e. The molecule has 190 valence electrons. The Morgan fingerprint density at radius 2 is 1.69 bits per heavy atom. The van der Waals surface area contributed by atoms with Crippen LogP contribution in [-0.2, 0) is 9.59 Å². The summed E-state index contributed by atoms with van der Waals surface area (Å²) in [6.45, 7) is 4.64. The van der Waals surface area contributed by atoms with Gasteiger partial charge in [-0.05, 0) is 56.7 Å². The van der Waals surface area contributed by atoms with E-state index < -0.39 is 0 Å². The third-order valence-electron chi connectivity index (χ3n) is 8.13. The van der Waals surface area contributed by atoms with Gasteiger partial charge >= 0.3 is 0 Å². The van der Waals surface area contributed by atoms with E-state index in [0.717, 1.165) is 42.7 Å². The number of carbonyl (C=O) groups excluding carboxylic acids is 2. The van der Waals surface area contributed by atoms with E-state index in [9.17, 15) is 9.59 Å². The largest absolute Gasteiger partial charge is 0.348 e. The molecule has 7 heteroatoms. The lowest BCUT2D eigenvalue weighted by atomic mass is 9.95. The van der Waals surface area contributed by atoms with Crippen molar-refractivity contribution < 1.29 is 9.59 Å². The van der Waals surface area contributed by atoms with Crippen LogP contribution in [0, 0.1) is 6.92 Å². The monoisotopic (exact) mass is 487 g/mol. The van der Waals surface area contributed by atoms with E-state index in [0.29, 0.717) is 18.1 Å². The molecular weight excluding hydrogens is 450 g/mol. The zero-order chi connectivity index (χ0) is 25.2. The van der Waals surface area contributed by atoms with Gasteiger partial charge in [-0.25, -0.2) is 4.98 Å². The topological polar surface area (TPSA) is 70.5 Å². The van der Waals surface area contributed by atoms with Gasteiger partial charge in [-0.1, -0.05) is 42.5 Å². The first-order valence-corrected chi connectivity index (χ1v) is 13.2. The van der Waals surface area contributed by atoms with E-state index in [1.807, 2.05) is 18.2 Å². The standard InChI is InChI=1S/C29H37N5O2/c1-20-30-27-11-7-8-12-28(27)34(20)25-17-23-13-14-24(18-25)33(23)16-15-26(22-9-5-4-6-10-22)31-29(36)19-32(3)21(2)35/h4-12,23-26H,13-19H2,1-3H3,(H,31,36)/t23-,24?,25?,26?/m0/s1. The Bertz CT molecular complexity index is 1210. The number of likely N-dealkylation sites (N-methyl/N-ethyl adjacent to an activating group) is 1. The van der Waals surface area contributed by atoms with Crippen LogP contribution in [0.2, 0.25) is 0 Å². The third kappa shape index (κ3) is 5.03. The Labute approximate surface area is 213 Å². The van der Waals surface area contributed by atoms with E-state index in [2.05, 4.69) is 58.1 Å². The number of hydrogen-bond donors (Lipinski definition) is 1. The first kappa shape index (κ1) is 24.5. The minimum atomic E-state index is -0.120. The van der Waals surface area contributed by atoms with Gasteiger partial charge in [-0.2, -0.15) is 0 Å². The molecule has 0 radical (unpaired) electrons. The lowest BCUT2D eigenvalue weighted by molar-refractivity contribution is -0.133. The van der Waals surface area contributed by atoms with Gasteiger partial charge in [0.25, 0.3) is 0 Å². The van der Waals surface area contributed by atoms with Gasteiger partial charge in [0.1, 0.15) is 5.82 Å². The van der Waals surface area contributed by atoms with Crippen LogP contribution in [-0.4, -0.2) is 63.4 Å². The van der Waals surface area contributed by atoms with Crippen LogP contribution in [0.5, 0.6) is 0 Å². The summed E-state index contributed by atoms with van der Waals surface area (Å²) in [6.07, 6.45) is 5.61. The van der Waals surface area contributed by atoms with Crippen LogP contribution in [0.15, 0.2) is 54.6 Å². The van der Waals surface area contributed by atoms with Crippen LogP contribution in [0.3, 0.4) is 0 Å². The number of para-hydroxylation sites is 2. The lowest BCUT2D eigenvalue weighted by Crippen LogP contribution is -2.45. The molecule has 3 unspecified atom stereocenters. The Balaban J connectivity index is 1.27. The molecule has 1 aromatic heterocycles. The summed E-state index contributed by atoms with van der Waals surface area (Å²) in [6, 6.07) is 20.2. The van der Waals surface area contributed by atoms with E-state index in [1.165, 1.54) is 30.2 Å². The molecule has 36 heavy (non-hydrogen) atoms. The Morgan fingerprint density at radius 3 is 2.39 bits per heavy atom. The Morgan fingerprint density at radius 1 is 1.03 bits per heavy atom. The fourth-order valence-electron chi connectivity index (χ4n) is 6.30. The second-order valence-corrected chi connectivity index (χ2v) is 10.5. The molecule has 3 heterocycles. The third-order valence-corrected chi connectivity index (χ3v) is 8.13. The molecule has 0 aliphatic carbocycles. The highest BCUT2D eigenvalue weighted by atomic mass is 16.2. The molecule has 3 aromatic rings. The van der Waals surface area contributed by atoms with Crippen LogP contribution in [0.1, 0.15) is 62.5 Å². The molecule has 5 rings (SSSR count). The van der Waals surface area contributed by atoms with Gasteiger partial charge in [0, 0.05) is 38.6 Å². The minimum absolute atomic E-state index is 0.0731. The number of imidazole rings is 1. The fourth-order valence-corrected chi connectivity index (χ4v) is 6.30. The number of hydrogen-bond acceptors (Lipinski definition) is 4. The predicted molar refractivity (Wildman–Crippen MR) is 142 cm³/mol. The number of carbonyl (C=O) groups is 2. The maximum Gasteiger partial charge on any atom is 0.240 e. The number of nitrogens with zero attached hydrogens (tertiary/aromatic N) is 4. The van der Waals surface area contributed by atoms with E-state index in [4.69, 9.17) is 4.98 Å². The highest BCUT2D eigenvalue weighted by Crippen LogP contribution is 2.42. The number of piperidine rings is 1. The van der Waals surface area contributed by atoms with Crippen molar-refractivity contribution in [1.82, 2.24) is 24.7 Å². The van der Waals surface area contributed by atoms with Gasteiger partial charge in [-0.15, -0.1) is 0 Å². The second kappa shape index (κ2) is 10.4. The SMILES string of the molecule is CC(=O)N(C)CC(=O)NC(CCN1C2CC[C@H]1CC(n1c(C)nc3ccccc31)C2)c1ccccc1. The number of benzene rings is 2. The van der Waals surface area contributed by atoms with E-state index in [-0.39, 0.29) is 24.4 Å². The number of nitrogens with one attached hydrogen (secondary N) is 1. The number of aromatic nitrogens is 2. The molecule has 2 aliphatic rings. The van der Waals surface area contributed by atoms with E-state index in [1.54, 1.807) is 7.05 Å². The summed E-state index contributed by atoms with van der Waals surface area (Å²) in [5.74, 6) is 0.879. The maximum atomic E-state index is 12.7. The van der Waals surface area contributed by atoms with Crippen LogP contribution in [0.4, 0.5) is 0 Å². The van der Waals surface area contributed by atoms with Gasteiger partial charge < -0.3 is 14.8 Å². The summed E-state index contributed by atoms with van der Waals surface area (Å²) in [5, 5.41) is 3.20. The van der Waals surface area contributed by atoms with Crippen molar-refractivity contribution in [2.24, 2.45) is 0 Å². The van der Waals surface area contributed by atoms with Gasteiger partial charge in [-0.3, -0.25) is 14.5 Å². The van der Waals surface area contributed by atoms with Crippen molar-refractivity contribution >= 4 is 22.8 Å². The fraction of sp³-hybridized carbons (Fsp3) is 0.483. The van der Waals surface area contributed by atoms with Crippen LogP contribution >= 0.6 is 0 Å². The quantitative estimate of drug-likeness (QED) is 0.516. The Kier molecular flexibility index (Phi) is 7.10. The summed E-state index contributed by atoms with van der Waals surface area (Å²) in [5.41, 5.74) is 3.44. The average molecular weight is 488 g/mol. The molecule has 2 saturated heterocycles. The smallest absolute Gasteiger partial charge is 0.240 e. The van der Waals surface area contributed by atoms with Crippen LogP contribution < -0.4 is 5.32 Å². The lowest BCUT2D eigenvalue weighted by Gasteiger charge is -2.40. The van der Waals surface area contributed by atoms with Gasteiger partial charge in [0.15, 0.2) is 0 Å². The van der Waals surface area contributed by atoms with E-state index >= 15 is 0 Å². The molecule has 2 fully saturated rings. The van der Waals surface area contributed by atoms with Crippen LogP contribution in [0.25, 0.3) is 11.0 Å². The first-order valence-electron chi connectivity index (χ1n) is 13.2. The summed E-state index contributed by atoms with van der Waals surface area (Å²) in [7, 11) is 1.66. The van der Waals surface area contributed by atoms with Gasteiger partial charge in [0.2, 0.25) is 11.8 Å². The molecule has 0 saturated carbocycles. The molecule has 2 aliphatic heterocycles. The average Bonchev–Trinajstić information content (AvgIpc) is 3.32. The van der Waals surface area contributed by atoms with Crippen molar-refractivity contribution in [3.05, 3.63) is 66.0 Å². The predicted octanol–water partition coefficient (Wildman–Crippen LogP) is 4.24. The zero-order valence-corrected chi connectivity index (χ0v) is 21.6. The summed E-state index contributed by atoms with van der Waals surface area (Å²) in [4.78, 5) is 33.3. The molecule has 2 aromatic carbocycles. The van der Waals surface area contributed by atoms with Gasteiger partial charge in [0.05, 0.1) is 23.6 Å². The Hall–Kier alpha value is -3.19. The van der Waals surface area contributed by atoms with Crippen molar-refractivity contribution in [2.75, 3.05) is 20.1 Å². The molecule has 2 amide bonds. The molecule has 0 spiro atoms. The highest BCUT2D eigenvalue weighted by molar-refractivity contribution is 5.83. The number of amides is 2. The molecule has 4 atom stereocenters. The number of fused-ring (bicyclic) bond motifs is 3. The van der Waals surface area contributed by atoms with Crippen molar-refractivity contribution in [2.45, 2.75) is 70.1 Å². The summed E-state index contributed by atoms with van der Waals surface area (Å²) >= 11 is 0. The number of rotatable bonds is 8.